The van der Waals surface area contributed by atoms with Crippen LogP contribution in [-0.4, -0.2) is 17.7 Å². The summed E-state index contributed by atoms with van der Waals surface area (Å²) in [4.78, 5) is 11.0. The molecule has 0 aromatic rings. The SMILES string of the molecule is C=C[C@]12CCCC[C@H]1NC(=O)O2. The Morgan fingerprint density at radius 2 is 2.50 bits per heavy atom. The monoisotopic (exact) mass is 167 g/mol. The van der Waals surface area contributed by atoms with Gasteiger partial charge in [-0.3, -0.25) is 0 Å². The van der Waals surface area contributed by atoms with Crippen molar-refractivity contribution in [3.8, 4) is 0 Å². The van der Waals surface area contributed by atoms with Crippen LogP contribution in [-0.2, 0) is 4.74 Å². The zero-order valence-corrected chi connectivity index (χ0v) is 7.01. The molecule has 0 unspecified atom stereocenters. The third-order valence-electron chi connectivity index (χ3n) is 2.82. The average Bonchev–Trinajstić information content (AvgIpc) is 2.41. The molecule has 0 bridgehead atoms. The van der Waals surface area contributed by atoms with Gasteiger partial charge in [-0.15, -0.1) is 0 Å². The first-order chi connectivity index (χ1) is 5.77. The highest BCUT2D eigenvalue weighted by atomic mass is 16.6. The van der Waals surface area contributed by atoms with Crippen LogP contribution < -0.4 is 5.32 Å². The van der Waals surface area contributed by atoms with Gasteiger partial charge in [0.25, 0.3) is 0 Å². The van der Waals surface area contributed by atoms with E-state index in [-0.39, 0.29) is 12.1 Å². The fourth-order valence-electron chi connectivity index (χ4n) is 2.12. The van der Waals surface area contributed by atoms with E-state index in [4.69, 9.17) is 4.74 Å². The summed E-state index contributed by atoms with van der Waals surface area (Å²) < 4.78 is 5.23. The van der Waals surface area contributed by atoms with E-state index in [9.17, 15) is 4.79 Å². The third kappa shape index (κ3) is 0.924. The standard InChI is InChI=1S/C9H13NO2/c1-2-9-6-4-3-5-7(9)10-8(11)12-9/h2,7H,1,3-6H2,(H,10,11)/t7-,9+/m1/s1. The molecule has 3 nitrogen and oxygen atoms in total. The maximum atomic E-state index is 11.0. The molecule has 1 aliphatic carbocycles. The molecule has 3 heteroatoms. The van der Waals surface area contributed by atoms with Gasteiger partial charge < -0.3 is 10.1 Å². The molecule has 1 N–H and O–H groups in total. The molecule has 0 radical (unpaired) electrons. The summed E-state index contributed by atoms with van der Waals surface area (Å²) in [5.41, 5.74) is -0.394. The summed E-state index contributed by atoms with van der Waals surface area (Å²) in [5.74, 6) is 0. The molecule has 12 heavy (non-hydrogen) atoms. The highest BCUT2D eigenvalue weighted by molar-refractivity contribution is 5.71. The number of hydrogen-bond donors (Lipinski definition) is 1. The van der Waals surface area contributed by atoms with Gasteiger partial charge in [0.05, 0.1) is 6.04 Å². The van der Waals surface area contributed by atoms with E-state index in [1.165, 1.54) is 6.42 Å². The van der Waals surface area contributed by atoms with E-state index in [0.717, 1.165) is 19.3 Å². The number of fused-ring (bicyclic) bond motifs is 1. The van der Waals surface area contributed by atoms with Gasteiger partial charge in [0.15, 0.2) is 5.60 Å². The topological polar surface area (TPSA) is 38.3 Å². The molecule has 1 amide bonds. The van der Waals surface area contributed by atoms with E-state index in [1.807, 2.05) is 0 Å². The van der Waals surface area contributed by atoms with Gasteiger partial charge in [-0.05, 0) is 25.3 Å². The van der Waals surface area contributed by atoms with Crippen LogP contribution in [0.2, 0.25) is 0 Å². The van der Waals surface area contributed by atoms with Crippen LogP contribution in [0, 0.1) is 0 Å². The molecular weight excluding hydrogens is 154 g/mol. The van der Waals surface area contributed by atoms with Crippen LogP contribution in [0.5, 0.6) is 0 Å². The van der Waals surface area contributed by atoms with E-state index < -0.39 is 5.60 Å². The summed E-state index contributed by atoms with van der Waals surface area (Å²) in [5, 5.41) is 2.82. The Morgan fingerprint density at radius 1 is 1.67 bits per heavy atom. The first-order valence-corrected chi connectivity index (χ1v) is 4.40. The van der Waals surface area contributed by atoms with Crippen molar-refractivity contribution in [2.75, 3.05) is 0 Å². The van der Waals surface area contributed by atoms with Crippen molar-refractivity contribution in [3.05, 3.63) is 12.7 Å². The number of carbonyl (C=O) groups is 1. The zero-order valence-electron chi connectivity index (χ0n) is 7.01. The van der Waals surface area contributed by atoms with Gasteiger partial charge in [-0.1, -0.05) is 13.0 Å². The number of hydrogen-bond acceptors (Lipinski definition) is 2. The molecule has 1 saturated carbocycles. The Morgan fingerprint density at radius 3 is 3.17 bits per heavy atom. The van der Waals surface area contributed by atoms with Crippen molar-refractivity contribution in [3.63, 3.8) is 0 Å². The first-order valence-electron chi connectivity index (χ1n) is 4.40. The Kier molecular flexibility index (Phi) is 1.60. The molecule has 1 saturated heterocycles. The van der Waals surface area contributed by atoms with Gasteiger partial charge in [0.2, 0.25) is 0 Å². The van der Waals surface area contributed by atoms with E-state index >= 15 is 0 Å². The van der Waals surface area contributed by atoms with Crippen LogP contribution in [0.25, 0.3) is 0 Å². The Hall–Kier alpha value is -0.990. The van der Waals surface area contributed by atoms with Crippen LogP contribution in [0.1, 0.15) is 25.7 Å². The molecule has 2 rings (SSSR count). The minimum Gasteiger partial charge on any atom is -0.436 e. The van der Waals surface area contributed by atoms with Crippen molar-refractivity contribution < 1.29 is 9.53 Å². The molecule has 0 aromatic carbocycles. The van der Waals surface area contributed by atoms with Gasteiger partial charge in [-0.2, -0.15) is 0 Å². The lowest BCUT2D eigenvalue weighted by atomic mass is 9.81. The maximum Gasteiger partial charge on any atom is 0.408 e. The minimum absolute atomic E-state index is 0.163. The maximum absolute atomic E-state index is 11.0. The quantitative estimate of drug-likeness (QED) is 0.602. The lowest BCUT2D eigenvalue weighted by molar-refractivity contribution is 0.0534. The number of alkyl carbamates (subject to hydrolysis) is 1. The Labute approximate surface area is 71.8 Å². The summed E-state index contributed by atoms with van der Waals surface area (Å²) in [6.45, 7) is 3.74. The molecule has 0 aromatic heterocycles. The molecule has 2 aliphatic rings. The van der Waals surface area contributed by atoms with Crippen LogP contribution in [0.15, 0.2) is 12.7 Å². The molecule has 1 heterocycles. The summed E-state index contributed by atoms with van der Waals surface area (Å²) in [7, 11) is 0. The summed E-state index contributed by atoms with van der Waals surface area (Å²) in [6.07, 6.45) is 5.70. The second-order valence-corrected chi connectivity index (χ2v) is 3.49. The van der Waals surface area contributed by atoms with E-state index in [2.05, 4.69) is 11.9 Å². The average molecular weight is 167 g/mol. The second kappa shape index (κ2) is 2.51. The van der Waals surface area contributed by atoms with Gasteiger partial charge >= 0.3 is 6.09 Å². The van der Waals surface area contributed by atoms with E-state index in [1.54, 1.807) is 6.08 Å². The first kappa shape index (κ1) is 7.65. The predicted molar refractivity (Wildman–Crippen MR) is 44.8 cm³/mol. The van der Waals surface area contributed by atoms with Crippen molar-refractivity contribution >= 4 is 6.09 Å². The fourth-order valence-corrected chi connectivity index (χ4v) is 2.12. The second-order valence-electron chi connectivity index (χ2n) is 3.49. The van der Waals surface area contributed by atoms with Gasteiger partial charge in [0.1, 0.15) is 0 Å². The van der Waals surface area contributed by atoms with Crippen molar-refractivity contribution in [2.24, 2.45) is 0 Å². The van der Waals surface area contributed by atoms with Crippen LogP contribution in [0.3, 0.4) is 0 Å². The highest BCUT2D eigenvalue weighted by Gasteiger charge is 2.47. The van der Waals surface area contributed by atoms with E-state index in [0.29, 0.717) is 0 Å². The minimum atomic E-state index is -0.394. The number of ether oxygens (including phenoxy) is 1. The number of amides is 1. The predicted octanol–water partition coefficient (Wildman–Crippen LogP) is 1.59. The normalized spacial score (nSPS) is 39.7. The lowest BCUT2D eigenvalue weighted by Crippen LogP contribution is -2.44. The molecule has 2 fully saturated rings. The van der Waals surface area contributed by atoms with Crippen LogP contribution in [0.4, 0.5) is 4.79 Å². The van der Waals surface area contributed by atoms with Crippen molar-refractivity contribution in [1.82, 2.24) is 5.32 Å². The molecular formula is C9H13NO2. The Balaban J connectivity index is 2.24. The van der Waals surface area contributed by atoms with Crippen LogP contribution >= 0.6 is 0 Å². The lowest BCUT2D eigenvalue weighted by Gasteiger charge is -2.33. The molecule has 0 spiro atoms. The number of rotatable bonds is 1. The highest BCUT2D eigenvalue weighted by Crippen LogP contribution is 2.36. The summed E-state index contributed by atoms with van der Waals surface area (Å²) in [6, 6.07) is 0.163. The van der Waals surface area contributed by atoms with Gasteiger partial charge in [-0.25, -0.2) is 4.79 Å². The van der Waals surface area contributed by atoms with Crippen molar-refractivity contribution in [2.45, 2.75) is 37.3 Å². The number of carbonyl (C=O) groups excluding carboxylic acids is 1. The van der Waals surface area contributed by atoms with Crippen molar-refractivity contribution in [1.29, 1.82) is 0 Å². The molecule has 1 aliphatic heterocycles. The smallest absolute Gasteiger partial charge is 0.408 e. The third-order valence-corrected chi connectivity index (χ3v) is 2.82. The number of nitrogens with one attached hydrogen (secondary N) is 1. The molecule has 66 valence electrons. The molecule has 2 atom stereocenters. The fraction of sp³-hybridized carbons (Fsp3) is 0.667. The summed E-state index contributed by atoms with van der Waals surface area (Å²) >= 11 is 0. The Bertz CT molecular complexity index is 227. The largest absolute Gasteiger partial charge is 0.436 e. The van der Waals surface area contributed by atoms with Gasteiger partial charge in [0, 0.05) is 0 Å². The zero-order chi connectivity index (χ0) is 8.60.